The first kappa shape index (κ1) is 14.7. The maximum atomic E-state index is 12.1. The average molecular weight is 284 g/mol. The number of thioether (sulfide) groups is 1. The Morgan fingerprint density at radius 3 is 3.11 bits per heavy atom. The van der Waals surface area contributed by atoms with Gasteiger partial charge in [0.2, 0.25) is 11.8 Å². The minimum atomic E-state index is 0.177. The van der Waals surface area contributed by atoms with Crippen LogP contribution in [0.5, 0.6) is 0 Å². The maximum absolute atomic E-state index is 12.1. The number of fused-ring (bicyclic) bond motifs is 1. The van der Waals surface area contributed by atoms with Crippen LogP contribution in [0.4, 0.5) is 0 Å². The fourth-order valence-corrected chi connectivity index (χ4v) is 3.83. The molecule has 4 nitrogen and oxygen atoms in total. The number of carbonyl (C=O) groups excluding carboxylic acids is 2. The average Bonchev–Trinajstić information content (AvgIpc) is 2.42. The topological polar surface area (TPSA) is 49.4 Å². The molecule has 1 N–H and O–H groups in total. The van der Waals surface area contributed by atoms with Crippen molar-refractivity contribution in [1.29, 1.82) is 0 Å². The normalized spacial score (nSPS) is 26.8. The van der Waals surface area contributed by atoms with Crippen LogP contribution in [0.25, 0.3) is 0 Å². The van der Waals surface area contributed by atoms with Crippen molar-refractivity contribution >= 4 is 23.6 Å². The number of carbonyl (C=O) groups is 2. The molecule has 19 heavy (non-hydrogen) atoms. The van der Waals surface area contributed by atoms with Crippen molar-refractivity contribution in [2.75, 3.05) is 24.6 Å². The largest absolute Gasteiger partial charge is 0.353 e. The van der Waals surface area contributed by atoms with Gasteiger partial charge in [-0.05, 0) is 30.9 Å². The van der Waals surface area contributed by atoms with Crippen LogP contribution in [0.2, 0.25) is 0 Å². The molecule has 2 unspecified atom stereocenters. The van der Waals surface area contributed by atoms with Gasteiger partial charge >= 0.3 is 0 Å². The minimum Gasteiger partial charge on any atom is -0.353 e. The first-order valence-electron chi connectivity index (χ1n) is 7.35. The molecule has 2 fully saturated rings. The number of hydrogen-bond acceptors (Lipinski definition) is 3. The van der Waals surface area contributed by atoms with E-state index in [0.29, 0.717) is 24.1 Å². The molecule has 2 aliphatic rings. The highest BCUT2D eigenvalue weighted by Gasteiger charge is 2.34. The van der Waals surface area contributed by atoms with Crippen LogP contribution in [0.3, 0.4) is 0 Å². The summed E-state index contributed by atoms with van der Waals surface area (Å²) < 4.78 is 0. The van der Waals surface area contributed by atoms with Gasteiger partial charge in [-0.15, -0.1) is 0 Å². The monoisotopic (exact) mass is 284 g/mol. The molecule has 0 saturated carbocycles. The first-order valence-corrected chi connectivity index (χ1v) is 8.51. The Kier molecular flexibility index (Phi) is 5.55. The molecule has 2 amide bonds. The molecular formula is C14H24N2O2S. The van der Waals surface area contributed by atoms with E-state index in [1.807, 2.05) is 4.90 Å². The molecule has 108 valence electrons. The molecule has 0 spiro atoms. The van der Waals surface area contributed by atoms with E-state index in [0.717, 1.165) is 31.7 Å². The van der Waals surface area contributed by atoms with Gasteiger partial charge in [0.15, 0.2) is 0 Å². The fraction of sp³-hybridized carbons (Fsp3) is 0.857. The van der Waals surface area contributed by atoms with Gasteiger partial charge in [-0.1, -0.05) is 13.3 Å². The number of likely N-dealkylation sites (tertiary alicyclic amines) is 1. The van der Waals surface area contributed by atoms with Crippen LogP contribution < -0.4 is 5.32 Å². The van der Waals surface area contributed by atoms with Gasteiger partial charge in [-0.2, -0.15) is 11.8 Å². The summed E-state index contributed by atoms with van der Waals surface area (Å²) in [5.74, 6) is 2.62. The highest BCUT2D eigenvalue weighted by atomic mass is 32.2. The Morgan fingerprint density at radius 1 is 1.47 bits per heavy atom. The number of nitrogens with zero attached hydrogens (tertiary/aromatic N) is 1. The zero-order valence-corrected chi connectivity index (χ0v) is 12.5. The van der Waals surface area contributed by atoms with Gasteiger partial charge in [-0.3, -0.25) is 9.59 Å². The highest BCUT2D eigenvalue weighted by molar-refractivity contribution is 7.99. The van der Waals surface area contributed by atoms with Gasteiger partial charge in [-0.25, -0.2) is 0 Å². The lowest BCUT2D eigenvalue weighted by molar-refractivity contribution is -0.132. The van der Waals surface area contributed by atoms with Crippen LogP contribution in [-0.4, -0.2) is 47.4 Å². The third kappa shape index (κ3) is 4.13. The smallest absolute Gasteiger partial charge is 0.232 e. The summed E-state index contributed by atoms with van der Waals surface area (Å²) in [6, 6.07) is 0.304. The lowest BCUT2D eigenvalue weighted by Crippen LogP contribution is -2.55. The van der Waals surface area contributed by atoms with Crippen molar-refractivity contribution in [1.82, 2.24) is 10.2 Å². The number of amides is 2. The molecule has 0 bridgehead atoms. The molecule has 2 aliphatic heterocycles. The number of unbranched alkanes of at least 4 members (excludes halogenated alkanes) is 1. The summed E-state index contributed by atoms with van der Waals surface area (Å²) in [5, 5.41) is 3.06. The van der Waals surface area contributed by atoms with Gasteiger partial charge < -0.3 is 10.2 Å². The second-order valence-corrected chi connectivity index (χ2v) is 6.61. The second kappa shape index (κ2) is 7.17. The van der Waals surface area contributed by atoms with E-state index in [-0.39, 0.29) is 11.8 Å². The molecule has 2 heterocycles. The van der Waals surface area contributed by atoms with Crippen molar-refractivity contribution in [3.05, 3.63) is 0 Å². The maximum Gasteiger partial charge on any atom is 0.232 e. The third-order valence-corrected chi connectivity index (χ3v) is 5.07. The summed E-state index contributed by atoms with van der Waals surface area (Å²) in [6.07, 6.45) is 4.85. The zero-order chi connectivity index (χ0) is 13.7. The summed E-state index contributed by atoms with van der Waals surface area (Å²) >= 11 is 1.75. The third-order valence-electron chi connectivity index (χ3n) is 4.04. The number of hydrogen-bond donors (Lipinski definition) is 1. The van der Waals surface area contributed by atoms with E-state index >= 15 is 0 Å². The van der Waals surface area contributed by atoms with Crippen LogP contribution in [0.15, 0.2) is 0 Å². The van der Waals surface area contributed by atoms with E-state index in [9.17, 15) is 9.59 Å². The van der Waals surface area contributed by atoms with Crippen molar-refractivity contribution in [3.8, 4) is 0 Å². The first-order chi connectivity index (χ1) is 9.20. The van der Waals surface area contributed by atoms with Crippen LogP contribution in [0, 0.1) is 5.92 Å². The second-order valence-electron chi connectivity index (χ2n) is 5.51. The Labute approximate surface area is 119 Å². The molecule has 0 aromatic carbocycles. The van der Waals surface area contributed by atoms with E-state index in [2.05, 4.69) is 12.2 Å². The molecule has 0 aliphatic carbocycles. The fourth-order valence-electron chi connectivity index (χ4n) is 2.83. The zero-order valence-electron chi connectivity index (χ0n) is 11.7. The Hall–Kier alpha value is -0.710. The summed E-state index contributed by atoms with van der Waals surface area (Å²) in [4.78, 5) is 25.5. The number of nitrogens with one attached hydrogen (secondary N) is 1. The van der Waals surface area contributed by atoms with Crippen molar-refractivity contribution in [2.45, 2.75) is 45.1 Å². The van der Waals surface area contributed by atoms with Crippen molar-refractivity contribution < 1.29 is 9.59 Å². The standard InChI is InChI=1S/C14H24N2O2S/c1-2-3-8-19-10-14(18)16-7-6-12-11(9-16)4-5-13(17)15-12/h11-12H,2-10H2,1H3,(H,15,17). The molecular weight excluding hydrogens is 260 g/mol. The van der Waals surface area contributed by atoms with E-state index in [1.54, 1.807) is 11.8 Å². The highest BCUT2D eigenvalue weighted by Crippen LogP contribution is 2.25. The van der Waals surface area contributed by atoms with E-state index in [1.165, 1.54) is 12.8 Å². The van der Waals surface area contributed by atoms with Gasteiger partial charge in [0.05, 0.1) is 5.75 Å². The minimum absolute atomic E-state index is 0.177. The van der Waals surface area contributed by atoms with Crippen LogP contribution >= 0.6 is 11.8 Å². The summed E-state index contributed by atoms with van der Waals surface area (Å²) in [6.45, 7) is 3.80. The molecule has 0 aromatic heterocycles. The lowest BCUT2D eigenvalue weighted by atomic mass is 9.85. The Bertz CT molecular complexity index is 335. The molecule has 5 heteroatoms. The molecule has 2 atom stereocenters. The molecule has 0 radical (unpaired) electrons. The Morgan fingerprint density at radius 2 is 2.32 bits per heavy atom. The quantitative estimate of drug-likeness (QED) is 0.781. The van der Waals surface area contributed by atoms with Crippen molar-refractivity contribution in [3.63, 3.8) is 0 Å². The lowest BCUT2D eigenvalue weighted by Gasteiger charge is -2.41. The molecule has 2 rings (SSSR count). The summed E-state index contributed by atoms with van der Waals surface area (Å²) in [5.41, 5.74) is 0. The van der Waals surface area contributed by atoms with Gasteiger partial charge in [0.1, 0.15) is 0 Å². The van der Waals surface area contributed by atoms with Gasteiger partial charge in [0.25, 0.3) is 0 Å². The van der Waals surface area contributed by atoms with E-state index in [4.69, 9.17) is 0 Å². The predicted octanol–water partition coefficient (Wildman–Crippen LogP) is 1.65. The Balaban J connectivity index is 1.74. The number of piperidine rings is 2. The SMILES string of the molecule is CCCCSCC(=O)N1CCC2NC(=O)CCC2C1. The number of rotatable bonds is 5. The molecule has 0 aromatic rings. The van der Waals surface area contributed by atoms with Crippen molar-refractivity contribution in [2.24, 2.45) is 5.92 Å². The summed E-state index contributed by atoms with van der Waals surface area (Å²) in [7, 11) is 0. The molecule has 2 saturated heterocycles. The van der Waals surface area contributed by atoms with Crippen LogP contribution in [-0.2, 0) is 9.59 Å². The predicted molar refractivity (Wildman–Crippen MR) is 78.1 cm³/mol. The van der Waals surface area contributed by atoms with E-state index < -0.39 is 0 Å². The van der Waals surface area contributed by atoms with Gasteiger partial charge in [0, 0.05) is 25.6 Å². The van der Waals surface area contributed by atoms with Crippen LogP contribution in [0.1, 0.15) is 39.0 Å².